The molecule has 22 heavy (non-hydrogen) atoms. The lowest BCUT2D eigenvalue weighted by atomic mass is 9.88. The van der Waals surface area contributed by atoms with Gasteiger partial charge in [0.2, 0.25) is 5.88 Å². The van der Waals surface area contributed by atoms with Crippen LogP contribution in [0.15, 0.2) is 30.5 Å². The van der Waals surface area contributed by atoms with Crippen molar-refractivity contribution in [3.05, 3.63) is 47.4 Å². The molecule has 0 radical (unpaired) electrons. The van der Waals surface area contributed by atoms with Crippen LogP contribution in [0.25, 0.3) is 11.1 Å². The Morgan fingerprint density at radius 1 is 1.36 bits per heavy atom. The van der Waals surface area contributed by atoms with E-state index in [4.69, 9.17) is 9.84 Å². The number of halogens is 1. The van der Waals surface area contributed by atoms with Crippen molar-refractivity contribution < 1.29 is 19.0 Å². The molecule has 2 rings (SSSR count). The number of carbonyl (C=O) groups is 1. The van der Waals surface area contributed by atoms with Gasteiger partial charge in [0.05, 0.1) is 13.5 Å². The number of aliphatic carboxylic acids is 1. The highest BCUT2D eigenvalue weighted by Crippen LogP contribution is 2.32. The van der Waals surface area contributed by atoms with Gasteiger partial charge in [0, 0.05) is 17.8 Å². The Morgan fingerprint density at radius 2 is 2.09 bits per heavy atom. The van der Waals surface area contributed by atoms with Gasteiger partial charge in [-0.2, -0.15) is 0 Å². The van der Waals surface area contributed by atoms with Gasteiger partial charge in [-0.1, -0.05) is 13.8 Å². The summed E-state index contributed by atoms with van der Waals surface area (Å²) in [4.78, 5) is 15.3. The molecule has 0 aliphatic heterocycles. The van der Waals surface area contributed by atoms with Crippen LogP contribution in [0.2, 0.25) is 0 Å². The maximum atomic E-state index is 13.9. The molecular weight excluding hydrogens is 285 g/mol. The van der Waals surface area contributed by atoms with E-state index in [0.717, 1.165) is 0 Å². The number of hydrogen-bond acceptors (Lipinski definition) is 3. The molecule has 1 aromatic carbocycles. The van der Waals surface area contributed by atoms with Gasteiger partial charge in [-0.05, 0) is 40.8 Å². The third kappa shape index (κ3) is 3.42. The van der Waals surface area contributed by atoms with Crippen LogP contribution in [0.1, 0.15) is 30.9 Å². The van der Waals surface area contributed by atoms with Crippen LogP contribution in [-0.2, 0) is 11.2 Å². The van der Waals surface area contributed by atoms with Crippen LogP contribution in [0.4, 0.5) is 4.39 Å². The number of aromatic nitrogens is 1. The highest BCUT2D eigenvalue weighted by atomic mass is 19.1. The number of hydrogen-bond donors (Lipinski definition) is 1. The smallest absolute Gasteiger partial charge is 0.307 e. The van der Waals surface area contributed by atoms with E-state index in [1.165, 1.54) is 19.2 Å². The van der Waals surface area contributed by atoms with Crippen molar-refractivity contribution in [2.24, 2.45) is 0 Å². The SMILES string of the molecule is COc1ccc(-c2cc(F)cc(C(C)C)c2CC(=O)O)cn1. The number of carboxylic acid groups (broad SMARTS) is 1. The summed E-state index contributed by atoms with van der Waals surface area (Å²) in [5.74, 6) is -0.862. The second kappa shape index (κ2) is 6.56. The van der Waals surface area contributed by atoms with Crippen molar-refractivity contribution in [2.45, 2.75) is 26.2 Å². The normalized spacial score (nSPS) is 10.8. The molecular formula is C17H18FNO3. The van der Waals surface area contributed by atoms with Crippen molar-refractivity contribution >= 4 is 5.97 Å². The molecule has 2 aromatic rings. The Bertz CT molecular complexity index is 681. The van der Waals surface area contributed by atoms with Crippen LogP contribution in [-0.4, -0.2) is 23.2 Å². The minimum atomic E-state index is -0.948. The third-order valence-corrected chi connectivity index (χ3v) is 3.46. The number of rotatable bonds is 5. The Morgan fingerprint density at radius 3 is 2.59 bits per heavy atom. The summed E-state index contributed by atoms with van der Waals surface area (Å²) in [6, 6.07) is 6.17. The molecule has 0 atom stereocenters. The average molecular weight is 303 g/mol. The molecule has 0 aliphatic rings. The van der Waals surface area contributed by atoms with Gasteiger partial charge >= 0.3 is 5.97 Å². The lowest BCUT2D eigenvalue weighted by Gasteiger charge is -2.17. The molecule has 0 spiro atoms. The van der Waals surface area contributed by atoms with Crippen molar-refractivity contribution in [1.29, 1.82) is 0 Å². The van der Waals surface area contributed by atoms with E-state index in [-0.39, 0.29) is 18.2 Å². The van der Waals surface area contributed by atoms with Gasteiger partial charge in [0.15, 0.2) is 0 Å². The fourth-order valence-electron chi connectivity index (χ4n) is 2.44. The lowest BCUT2D eigenvalue weighted by molar-refractivity contribution is -0.136. The molecule has 1 heterocycles. The third-order valence-electron chi connectivity index (χ3n) is 3.46. The van der Waals surface area contributed by atoms with Crippen LogP contribution < -0.4 is 4.74 Å². The molecule has 116 valence electrons. The van der Waals surface area contributed by atoms with E-state index in [1.807, 2.05) is 13.8 Å². The summed E-state index contributed by atoms with van der Waals surface area (Å²) in [7, 11) is 1.51. The molecule has 0 unspecified atom stereocenters. The van der Waals surface area contributed by atoms with E-state index < -0.39 is 5.97 Å². The van der Waals surface area contributed by atoms with Crippen molar-refractivity contribution in [3.63, 3.8) is 0 Å². The molecule has 0 fully saturated rings. The molecule has 1 N–H and O–H groups in total. The lowest BCUT2D eigenvalue weighted by Crippen LogP contribution is -2.08. The number of nitrogens with zero attached hydrogens (tertiary/aromatic N) is 1. The standard InChI is InChI=1S/C17H18FNO3/c1-10(2)13-6-12(18)7-14(15(13)8-17(20)21)11-4-5-16(22-3)19-9-11/h4-7,9-10H,8H2,1-3H3,(H,20,21). The highest BCUT2D eigenvalue weighted by Gasteiger charge is 2.17. The topological polar surface area (TPSA) is 59.4 Å². The van der Waals surface area contributed by atoms with E-state index in [1.54, 1.807) is 18.3 Å². The number of methoxy groups -OCH3 is 1. The zero-order chi connectivity index (χ0) is 16.3. The summed E-state index contributed by atoms with van der Waals surface area (Å²) < 4.78 is 19.0. The van der Waals surface area contributed by atoms with Gasteiger partial charge in [-0.3, -0.25) is 4.79 Å². The summed E-state index contributed by atoms with van der Waals surface area (Å²) in [5.41, 5.74) is 2.55. The van der Waals surface area contributed by atoms with E-state index in [9.17, 15) is 9.18 Å². The van der Waals surface area contributed by atoms with E-state index >= 15 is 0 Å². The van der Waals surface area contributed by atoms with Crippen molar-refractivity contribution in [1.82, 2.24) is 4.98 Å². The molecule has 0 bridgehead atoms. The Hall–Kier alpha value is -2.43. The first-order chi connectivity index (χ1) is 10.4. The molecule has 0 amide bonds. The van der Waals surface area contributed by atoms with Gasteiger partial charge in [0.1, 0.15) is 5.82 Å². The van der Waals surface area contributed by atoms with Gasteiger partial charge in [-0.15, -0.1) is 0 Å². The van der Waals surface area contributed by atoms with Crippen molar-refractivity contribution in [3.8, 4) is 17.0 Å². The maximum Gasteiger partial charge on any atom is 0.307 e. The minimum Gasteiger partial charge on any atom is -0.481 e. The fraction of sp³-hybridized carbons (Fsp3) is 0.294. The zero-order valence-electron chi connectivity index (χ0n) is 12.8. The predicted octanol–water partition coefficient (Wildman–Crippen LogP) is 3.65. The molecule has 0 saturated heterocycles. The number of carboxylic acids is 1. The van der Waals surface area contributed by atoms with Crippen LogP contribution >= 0.6 is 0 Å². The van der Waals surface area contributed by atoms with E-state index in [2.05, 4.69) is 4.98 Å². The maximum absolute atomic E-state index is 13.9. The minimum absolute atomic E-state index is 0.0232. The van der Waals surface area contributed by atoms with Gasteiger partial charge < -0.3 is 9.84 Å². The first-order valence-corrected chi connectivity index (χ1v) is 6.97. The molecule has 0 saturated carbocycles. The number of pyridine rings is 1. The first kappa shape index (κ1) is 15.9. The molecule has 4 nitrogen and oxygen atoms in total. The predicted molar refractivity (Wildman–Crippen MR) is 81.6 cm³/mol. The quantitative estimate of drug-likeness (QED) is 0.916. The van der Waals surface area contributed by atoms with Gasteiger partial charge in [0.25, 0.3) is 0 Å². The van der Waals surface area contributed by atoms with Gasteiger partial charge in [-0.25, -0.2) is 9.37 Å². The van der Waals surface area contributed by atoms with Crippen LogP contribution in [0.3, 0.4) is 0 Å². The zero-order valence-corrected chi connectivity index (χ0v) is 12.8. The van der Waals surface area contributed by atoms with E-state index in [0.29, 0.717) is 28.1 Å². The largest absolute Gasteiger partial charge is 0.481 e. The molecule has 5 heteroatoms. The molecule has 0 aliphatic carbocycles. The monoisotopic (exact) mass is 303 g/mol. The number of benzene rings is 1. The fourth-order valence-corrected chi connectivity index (χ4v) is 2.44. The summed E-state index contributed by atoms with van der Waals surface area (Å²) in [6.45, 7) is 3.83. The van der Waals surface area contributed by atoms with Crippen LogP contribution in [0.5, 0.6) is 5.88 Å². The summed E-state index contributed by atoms with van der Waals surface area (Å²) in [5, 5.41) is 9.17. The highest BCUT2D eigenvalue weighted by molar-refractivity contribution is 5.78. The second-order valence-electron chi connectivity index (χ2n) is 5.34. The van der Waals surface area contributed by atoms with Crippen LogP contribution in [0, 0.1) is 5.82 Å². The molecule has 1 aromatic heterocycles. The number of ether oxygens (including phenoxy) is 1. The Labute approximate surface area is 128 Å². The average Bonchev–Trinajstić information content (AvgIpc) is 2.48. The summed E-state index contributed by atoms with van der Waals surface area (Å²) >= 11 is 0. The second-order valence-corrected chi connectivity index (χ2v) is 5.34. The van der Waals surface area contributed by atoms with Crippen molar-refractivity contribution in [2.75, 3.05) is 7.11 Å². The first-order valence-electron chi connectivity index (χ1n) is 6.97. The Kier molecular flexibility index (Phi) is 4.75. The Balaban J connectivity index is 2.63. The summed E-state index contributed by atoms with van der Waals surface area (Å²) in [6.07, 6.45) is 1.40.